The Kier molecular flexibility index (Phi) is 1.93. The van der Waals surface area contributed by atoms with Crippen molar-refractivity contribution in [2.24, 2.45) is 0 Å². The van der Waals surface area contributed by atoms with Gasteiger partial charge in [-0.25, -0.2) is 4.98 Å². The second-order valence-corrected chi connectivity index (χ2v) is 4.72. The summed E-state index contributed by atoms with van der Waals surface area (Å²) in [6.07, 6.45) is 6.44. The molecule has 1 aliphatic heterocycles. The molecule has 0 bridgehead atoms. The summed E-state index contributed by atoms with van der Waals surface area (Å²) >= 11 is 0. The summed E-state index contributed by atoms with van der Waals surface area (Å²) in [5, 5.41) is 0. The Hall–Kier alpha value is -1.57. The van der Waals surface area contributed by atoms with E-state index in [2.05, 4.69) is 49.0 Å². The maximum atomic E-state index is 4.49. The molecule has 0 spiro atoms. The standard InChI is InChI=1S/C14H16N2/c1-9-6-7-11-12-5-4-8-15-14(12)16(3)13(11)10(9)2/h4-8,11,13H,1-3H3. The molecule has 1 aromatic heterocycles. The molecule has 0 saturated carbocycles. The maximum Gasteiger partial charge on any atom is 0.132 e. The predicted octanol–water partition coefficient (Wildman–Crippen LogP) is 2.89. The number of hydrogen-bond acceptors (Lipinski definition) is 2. The van der Waals surface area contributed by atoms with Crippen molar-refractivity contribution in [2.45, 2.75) is 25.8 Å². The molecule has 0 fully saturated rings. The normalized spacial score (nSPS) is 27.1. The molecule has 1 aromatic rings. The van der Waals surface area contributed by atoms with Crippen molar-refractivity contribution in [1.29, 1.82) is 0 Å². The molecule has 82 valence electrons. The highest BCUT2D eigenvalue weighted by Crippen LogP contribution is 2.44. The first-order valence-electron chi connectivity index (χ1n) is 5.73. The third-order valence-corrected chi connectivity index (χ3v) is 3.89. The van der Waals surface area contributed by atoms with Crippen LogP contribution < -0.4 is 4.90 Å². The van der Waals surface area contributed by atoms with Gasteiger partial charge in [0.15, 0.2) is 0 Å². The Morgan fingerprint density at radius 1 is 1.31 bits per heavy atom. The number of aromatic nitrogens is 1. The van der Waals surface area contributed by atoms with E-state index in [1.54, 1.807) is 0 Å². The molecule has 2 heteroatoms. The zero-order valence-corrected chi connectivity index (χ0v) is 9.94. The smallest absolute Gasteiger partial charge is 0.132 e. The Balaban J connectivity index is 2.17. The van der Waals surface area contributed by atoms with Crippen molar-refractivity contribution in [1.82, 2.24) is 4.98 Å². The first-order chi connectivity index (χ1) is 7.70. The van der Waals surface area contributed by atoms with Crippen molar-refractivity contribution in [3.8, 4) is 0 Å². The molecule has 0 radical (unpaired) electrons. The van der Waals surface area contributed by atoms with Gasteiger partial charge in [0.1, 0.15) is 5.82 Å². The molecule has 3 rings (SSSR count). The van der Waals surface area contributed by atoms with Crippen LogP contribution in [0.5, 0.6) is 0 Å². The summed E-state index contributed by atoms with van der Waals surface area (Å²) in [5.74, 6) is 1.62. The molecule has 2 unspecified atom stereocenters. The van der Waals surface area contributed by atoms with Crippen molar-refractivity contribution >= 4 is 5.82 Å². The van der Waals surface area contributed by atoms with Crippen LogP contribution in [0.15, 0.2) is 41.6 Å². The molecule has 2 nitrogen and oxygen atoms in total. The molecule has 0 amide bonds. The lowest BCUT2D eigenvalue weighted by Crippen LogP contribution is -2.33. The molecular weight excluding hydrogens is 196 g/mol. The molecule has 0 N–H and O–H groups in total. The monoisotopic (exact) mass is 212 g/mol. The molecule has 0 saturated heterocycles. The summed E-state index contributed by atoms with van der Waals surface area (Å²) < 4.78 is 0. The largest absolute Gasteiger partial charge is 0.352 e. The van der Waals surface area contributed by atoms with Gasteiger partial charge in [0.05, 0.1) is 6.04 Å². The van der Waals surface area contributed by atoms with Gasteiger partial charge in [0, 0.05) is 24.7 Å². The summed E-state index contributed by atoms with van der Waals surface area (Å²) in [5.41, 5.74) is 4.21. The predicted molar refractivity (Wildman–Crippen MR) is 66.7 cm³/mol. The summed E-state index contributed by atoms with van der Waals surface area (Å²) in [7, 11) is 2.15. The minimum absolute atomic E-state index is 0.467. The van der Waals surface area contributed by atoms with E-state index in [0.717, 1.165) is 5.82 Å². The number of rotatable bonds is 0. The van der Waals surface area contributed by atoms with Crippen molar-refractivity contribution in [3.05, 3.63) is 47.2 Å². The fourth-order valence-electron chi connectivity index (χ4n) is 2.89. The van der Waals surface area contributed by atoms with Gasteiger partial charge in [-0.05, 0) is 25.5 Å². The molecule has 1 aliphatic carbocycles. The molecule has 16 heavy (non-hydrogen) atoms. The van der Waals surface area contributed by atoms with Gasteiger partial charge in [0.2, 0.25) is 0 Å². The van der Waals surface area contributed by atoms with Gasteiger partial charge < -0.3 is 4.90 Å². The molecule has 0 aromatic carbocycles. The summed E-state index contributed by atoms with van der Waals surface area (Å²) in [6.45, 7) is 4.42. The number of likely N-dealkylation sites (N-methyl/N-ethyl adjacent to an activating group) is 1. The Bertz CT molecular complexity index is 499. The fraction of sp³-hybridized carbons (Fsp3) is 0.357. The van der Waals surface area contributed by atoms with E-state index >= 15 is 0 Å². The number of fused-ring (bicyclic) bond motifs is 3. The van der Waals surface area contributed by atoms with Gasteiger partial charge >= 0.3 is 0 Å². The number of anilines is 1. The second-order valence-electron chi connectivity index (χ2n) is 4.72. The minimum atomic E-state index is 0.467. The number of hydrogen-bond donors (Lipinski definition) is 0. The summed E-state index contributed by atoms with van der Waals surface area (Å²) in [6, 6.07) is 4.69. The first-order valence-corrected chi connectivity index (χ1v) is 5.73. The van der Waals surface area contributed by atoms with Crippen molar-refractivity contribution < 1.29 is 0 Å². The maximum absolute atomic E-state index is 4.49. The first kappa shape index (κ1) is 9.64. The third kappa shape index (κ3) is 1.10. The van der Waals surface area contributed by atoms with Gasteiger partial charge in [-0.15, -0.1) is 0 Å². The SMILES string of the molecule is CC1=C(C)C2C(C=C1)c1cccnc1N2C. The van der Waals surface area contributed by atoms with E-state index in [-0.39, 0.29) is 0 Å². The lowest BCUT2D eigenvalue weighted by Gasteiger charge is -2.29. The van der Waals surface area contributed by atoms with Crippen LogP contribution in [0.4, 0.5) is 5.82 Å². The fourth-order valence-corrected chi connectivity index (χ4v) is 2.89. The van der Waals surface area contributed by atoms with Gasteiger partial charge in [-0.2, -0.15) is 0 Å². The van der Waals surface area contributed by atoms with Crippen LogP contribution in [0.3, 0.4) is 0 Å². The Labute approximate surface area is 96.3 Å². The molecule has 2 aliphatic rings. The highest BCUT2D eigenvalue weighted by Gasteiger charge is 2.38. The van der Waals surface area contributed by atoms with Crippen LogP contribution in [-0.2, 0) is 0 Å². The average Bonchev–Trinajstić information content (AvgIpc) is 2.59. The molecule has 2 heterocycles. The highest BCUT2D eigenvalue weighted by atomic mass is 15.2. The van der Waals surface area contributed by atoms with Crippen LogP contribution in [0.1, 0.15) is 25.3 Å². The summed E-state index contributed by atoms with van der Waals surface area (Å²) in [4.78, 5) is 6.80. The average molecular weight is 212 g/mol. The van der Waals surface area contributed by atoms with E-state index in [4.69, 9.17) is 0 Å². The Morgan fingerprint density at radius 3 is 2.94 bits per heavy atom. The zero-order valence-electron chi connectivity index (χ0n) is 9.94. The van der Waals surface area contributed by atoms with Crippen LogP contribution in [0, 0.1) is 0 Å². The lowest BCUT2D eigenvalue weighted by molar-refractivity contribution is 0.676. The van der Waals surface area contributed by atoms with Crippen LogP contribution >= 0.6 is 0 Å². The molecule has 2 atom stereocenters. The number of allylic oxidation sites excluding steroid dienone is 2. The van der Waals surface area contributed by atoms with E-state index in [1.165, 1.54) is 16.7 Å². The van der Waals surface area contributed by atoms with E-state index in [9.17, 15) is 0 Å². The van der Waals surface area contributed by atoms with Crippen LogP contribution in [-0.4, -0.2) is 18.1 Å². The van der Waals surface area contributed by atoms with Gasteiger partial charge in [0.25, 0.3) is 0 Å². The number of pyridine rings is 1. The third-order valence-electron chi connectivity index (χ3n) is 3.89. The van der Waals surface area contributed by atoms with Crippen molar-refractivity contribution in [3.63, 3.8) is 0 Å². The number of nitrogens with zero attached hydrogens (tertiary/aromatic N) is 2. The van der Waals surface area contributed by atoms with E-state index in [0.29, 0.717) is 12.0 Å². The van der Waals surface area contributed by atoms with Gasteiger partial charge in [-0.1, -0.05) is 23.8 Å². The quantitative estimate of drug-likeness (QED) is 0.657. The van der Waals surface area contributed by atoms with Gasteiger partial charge in [-0.3, -0.25) is 0 Å². The molecular formula is C14H16N2. The topological polar surface area (TPSA) is 16.1 Å². The zero-order chi connectivity index (χ0) is 11.3. The Morgan fingerprint density at radius 2 is 2.12 bits per heavy atom. The van der Waals surface area contributed by atoms with Crippen LogP contribution in [0.2, 0.25) is 0 Å². The van der Waals surface area contributed by atoms with E-state index < -0.39 is 0 Å². The lowest BCUT2D eigenvalue weighted by atomic mass is 9.84. The van der Waals surface area contributed by atoms with E-state index in [1.807, 2.05) is 12.3 Å². The van der Waals surface area contributed by atoms with Crippen LogP contribution in [0.25, 0.3) is 0 Å². The highest BCUT2D eigenvalue weighted by molar-refractivity contribution is 5.62. The van der Waals surface area contributed by atoms with Crippen molar-refractivity contribution in [2.75, 3.05) is 11.9 Å². The second kappa shape index (κ2) is 3.21. The minimum Gasteiger partial charge on any atom is -0.352 e.